The van der Waals surface area contributed by atoms with Gasteiger partial charge in [-0.1, -0.05) is 13.8 Å². The lowest BCUT2D eigenvalue weighted by Crippen LogP contribution is -2.44. The second-order valence-electron chi connectivity index (χ2n) is 4.54. The average Bonchev–Trinajstić information content (AvgIpc) is 2.29. The van der Waals surface area contributed by atoms with Crippen molar-refractivity contribution in [1.29, 1.82) is 5.41 Å². The maximum Gasteiger partial charge on any atom is 0.116 e. The molecule has 1 rings (SSSR count). The first kappa shape index (κ1) is 13.6. The zero-order chi connectivity index (χ0) is 12.0. The van der Waals surface area contributed by atoms with Gasteiger partial charge in [-0.25, -0.2) is 0 Å². The van der Waals surface area contributed by atoms with Crippen molar-refractivity contribution in [2.75, 3.05) is 19.6 Å². The summed E-state index contributed by atoms with van der Waals surface area (Å²) >= 11 is 0. The second-order valence-corrected chi connectivity index (χ2v) is 4.54. The van der Waals surface area contributed by atoms with Crippen molar-refractivity contribution in [1.82, 2.24) is 10.6 Å². The molecule has 94 valence electrons. The molecular weight excluding hydrogens is 202 g/mol. The molecule has 0 aliphatic carbocycles. The van der Waals surface area contributed by atoms with E-state index in [-0.39, 0.29) is 12.1 Å². The van der Waals surface area contributed by atoms with Crippen molar-refractivity contribution in [3.05, 3.63) is 0 Å². The van der Waals surface area contributed by atoms with E-state index in [1.165, 1.54) is 0 Å². The van der Waals surface area contributed by atoms with Gasteiger partial charge >= 0.3 is 0 Å². The van der Waals surface area contributed by atoms with Gasteiger partial charge in [-0.15, -0.1) is 0 Å². The van der Waals surface area contributed by atoms with Crippen LogP contribution in [0.5, 0.6) is 0 Å². The summed E-state index contributed by atoms with van der Waals surface area (Å²) in [5.74, 6) is 0.148. The molecule has 0 bridgehead atoms. The third-order valence-electron chi connectivity index (χ3n) is 3.17. The monoisotopic (exact) mass is 227 g/mol. The Morgan fingerprint density at radius 3 is 2.62 bits per heavy atom. The van der Waals surface area contributed by atoms with Crippen LogP contribution in [0.1, 0.15) is 33.6 Å². The highest BCUT2D eigenvalue weighted by molar-refractivity contribution is 5.81. The molecule has 0 aromatic heterocycles. The van der Waals surface area contributed by atoms with E-state index in [2.05, 4.69) is 24.5 Å². The molecule has 4 nitrogen and oxygen atoms in total. The van der Waals surface area contributed by atoms with E-state index in [9.17, 15) is 0 Å². The van der Waals surface area contributed by atoms with Gasteiger partial charge in [-0.3, -0.25) is 5.32 Å². The average molecular weight is 227 g/mol. The highest BCUT2D eigenvalue weighted by Gasteiger charge is 2.23. The van der Waals surface area contributed by atoms with E-state index in [1.54, 1.807) is 0 Å². The minimum Gasteiger partial charge on any atom is -0.359 e. The quantitative estimate of drug-likeness (QED) is 0.474. The lowest BCUT2D eigenvalue weighted by atomic mass is 10.0. The first-order valence-corrected chi connectivity index (χ1v) is 6.29. The first-order chi connectivity index (χ1) is 7.65. The fourth-order valence-electron chi connectivity index (χ4n) is 1.91. The van der Waals surface area contributed by atoms with Gasteiger partial charge in [0.2, 0.25) is 0 Å². The van der Waals surface area contributed by atoms with E-state index in [0.717, 1.165) is 32.5 Å². The highest BCUT2D eigenvalue weighted by atomic mass is 16.5. The molecule has 3 N–H and O–H groups in total. The molecule has 1 heterocycles. The predicted molar refractivity (Wildman–Crippen MR) is 67.0 cm³/mol. The van der Waals surface area contributed by atoms with Gasteiger partial charge in [0.25, 0.3) is 0 Å². The predicted octanol–water partition coefficient (Wildman–Crippen LogP) is 1.37. The van der Waals surface area contributed by atoms with Crippen LogP contribution in [0.3, 0.4) is 0 Å². The van der Waals surface area contributed by atoms with Crippen LogP contribution >= 0.6 is 0 Å². The van der Waals surface area contributed by atoms with E-state index >= 15 is 0 Å². The molecule has 0 amide bonds. The number of ether oxygens (including phenoxy) is 1. The smallest absolute Gasteiger partial charge is 0.116 e. The standard InChI is InChI=1S/C12H25N3O/c1-4-15-12(9(2)10(3)13)16-11-5-7-14-8-6-11/h9,11-15H,4-8H2,1-3H3. The molecule has 0 radical (unpaired) electrons. The van der Waals surface area contributed by atoms with Crippen LogP contribution in [0.25, 0.3) is 0 Å². The van der Waals surface area contributed by atoms with Crippen molar-refractivity contribution in [2.45, 2.75) is 45.9 Å². The van der Waals surface area contributed by atoms with Crippen LogP contribution in [0.15, 0.2) is 0 Å². The normalized spacial score (nSPS) is 21.7. The SMILES string of the molecule is CCNC(OC1CCNCC1)C(C)C(C)=N. The third-order valence-corrected chi connectivity index (χ3v) is 3.17. The summed E-state index contributed by atoms with van der Waals surface area (Å²) in [6, 6.07) is 0. The topological polar surface area (TPSA) is 57.1 Å². The highest BCUT2D eigenvalue weighted by Crippen LogP contribution is 2.14. The van der Waals surface area contributed by atoms with Crippen molar-refractivity contribution < 1.29 is 4.74 Å². The maximum atomic E-state index is 7.69. The zero-order valence-corrected chi connectivity index (χ0v) is 10.7. The molecule has 0 saturated carbocycles. The Bertz CT molecular complexity index is 214. The Balaban J connectivity index is 2.45. The van der Waals surface area contributed by atoms with Crippen LogP contribution in [0, 0.1) is 11.3 Å². The number of piperidine rings is 1. The molecule has 1 aliphatic heterocycles. The van der Waals surface area contributed by atoms with Crippen LogP contribution < -0.4 is 10.6 Å². The van der Waals surface area contributed by atoms with Crippen LogP contribution in [0.4, 0.5) is 0 Å². The van der Waals surface area contributed by atoms with Gasteiger partial charge in [0.05, 0.1) is 6.10 Å². The largest absolute Gasteiger partial charge is 0.359 e. The Morgan fingerprint density at radius 2 is 2.12 bits per heavy atom. The Labute approximate surface area is 98.6 Å². The van der Waals surface area contributed by atoms with Crippen molar-refractivity contribution in [3.8, 4) is 0 Å². The van der Waals surface area contributed by atoms with Gasteiger partial charge in [-0.05, 0) is 39.4 Å². The minimum absolute atomic E-state index is 0.00870. The molecule has 0 aromatic rings. The molecular formula is C12H25N3O. The zero-order valence-electron chi connectivity index (χ0n) is 10.7. The molecule has 1 fully saturated rings. The summed E-state index contributed by atoms with van der Waals surface area (Å²) in [5, 5.41) is 14.4. The number of hydrogen-bond donors (Lipinski definition) is 3. The summed E-state index contributed by atoms with van der Waals surface area (Å²) in [6.45, 7) is 8.94. The van der Waals surface area contributed by atoms with Crippen LogP contribution in [0.2, 0.25) is 0 Å². The van der Waals surface area contributed by atoms with Gasteiger partial charge in [-0.2, -0.15) is 0 Å². The molecule has 1 saturated heterocycles. The molecule has 4 heteroatoms. The number of hydrogen-bond acceptors (Lipinski definition) is 4. The fraction of sp³-hybridized carbons (Fsp3) is 0.917. The van der Waals surface area contributed by atoms with E-state index < -0.39 is 0 Å². The van der Waals surface area contributed by atoms with E-state index in [0.29, 0.717) is 11.8 Å². The Hall–Kier alpha value is -0.450. The Morgan fingerprint density at radius 1 is 1.50 bits per heavy atom. The molecule has 16 heavy (non-hydrogen) atoms. The molecule has 2 unspecified atom stereocenters. The maximum absolute atomic E-state index is 7.69. The lowest BCUT2D eigenvalue weighted by molar-refractivity contribution is -0.0552. The molecule has 1 aliphatic rings. The lowest BCUT2D eigenvalue weighted by Gasteiger charge is -2.31. The van der Waals surface area contributed by atoms with Crippen LogP contribution in [-0.4, -0.2) is 37.7 Å². The summed E-state index contributed by atoms with van der Waals surface area (Å²) < 4.78 is 6.06. The van der Waals surface area contributed by atoms with Gasteiger partial charge in [0.15, 0.2) is 0 Å². The van der Waals surface area contributed by atoms with Crippen molar-refractivity contribution in [2.24, 2.45) is 5.92 Å². The fourth-order valence-corrected chi connectivity index (χ4v) is 1.91. The summed E-state index contributed by atoms with van der Waals surface area (Å²) in [4.78, 5) is 0. The van der Waals surface area contributed by atoms with Gasteiger partial charge in [0.1, 0.15) is 6.23 Å². The van der Waals surface area contributed by atoms with Gasteiger partial charge < -0.3 is 15.5 Å². The summed E-state index contributed by atoms with van der Waals surface area (Å²) in [7, 11) is 0. The van der Waals surface area contributed by atoms with Gasteiger partial charge in [0, 0.05) is 11.6 Å². The first-order valence-electron chi connectivity index (χ1n) is 6.29. The van der Waals surface area contributed by atoms with Crippen molar-refractivity contribution >= 4 is 5.71 Å². The summed E-state index contributed by atoms with van der Waals surface area (Å²) in [6.07, 6.45) is 2.48. The summed E-state index contributed by atoms with van der Waals surface area (Å²) in [5.41, 5.74) is 0.680. The Kier molecular flexibility index (Phi) is 5.95. The number of rotatable bonds is 6. The molecule has 0 aromatic carbocycles. The molecule has 2 atom stereocenters. The molecule has 0 spiro atoms. The van der Waals surface area contributed by atoms with Crippen molar-refractivity contribution in [3.63, 3.8) is 0 Å². The van der Waals surface area contributed by atoms with Crippen LogP contribution in [-0.2, 0) is 4.74 Å². The third kappa shape index (κ3) is 4.20. The van der Waals surface area contributed by atoms with E-state index in [4.69, 9.17) is 10.1 Å². The minimum atomic E-state index is -0.00870. The number of nitrogens with one attached hydrogen (secondary N) is 3. The second kappa shape index (κ2) is 6.99. The van der Waals surface area contributed by atoms with E-state index in [1.807, 2.05) is 6.92 Å².